The Labute approximate surface area is 166 Å². The Balaban J connectivity index is 1.46. The van der Waals surface area contributed by atoms with E-state index >= 15 is 0 Å². The minimum absolute atomic E-state index is 0.143. The van der Waals surface area contributed by atoms with Crippen molar-refractivity contribution in [1.82, 2.24) is 25.1 Å². The van der Waals surface area contributed by atoms with Gasteiger partial charge in [-0.25, -0.2) is 9.07 Å². The number of carbonyl (C=O) groups is 1. The number of aromatic nitrogens is 5. The summed E-state index contributed by atoms with van der Waals surface area (Å²) in [6.07, 6.45) is 1.62. The Kier molecular flexibility index (Phi) is 4.94. The average molecular weight is 443 g/mol. The largest absolute Gasteiger partial charge is 0.328 e. The van der Waals surface area contributed by atoms with Crippen molar-refractivity contribution in [3.63, 3.8) is 0 Å². The molecule has 4 aromatic rings. The number of anilines is 1. The van der Waals surface area contributed by atoms with Crippen LogP contribution in [0.5, 0.6) is 0 Å². The van der Waals surface area contributed by atoms with Crippen molar-refractivity contribution in [1.29, 1.82) is 0 Å². The number of carbonyl (C=O) groups excluding carboxylic acids is 1. The first kappa shape index (κ1) is 18.0. The molecule has 0 radical (unpaired) electrons. The van der Waals surface area contributed by atoms with Crippen molar-refractivity contribution >= 4 is 27.5 Å². The van der Waals surface area contributed by atoms with Gasteiger partial charge in [-0.05, 0) is 35.9 Å². The molecular weight excluding hydrogens is 431 g/mol. The first-order valence-corrected chi connectivity index (χ1v) is 8.92. The standard InChI is InChI=1S/C18H12BrFN6O2/c19-12-2-1-3-14(8-12)21-17(27)18-22-16(24-28-18)15-10-26(25-23-15)9-11-4-6-13(20)7-5-11/h1-8,10H,9H2,(H,21,27). The molecule has 0 fully saturated rings. The van der Waals surface area contributed by atoms with E-state index in [1.807, 2.05) is 6.07 Å². The van der Waals surface area contributed by atoms with Gasteiger partial charge in [0, 0.05) is 10.2 Å². The Morgan fingerprint density at radius 2 is 2.04 bits per heavy atom. The van der Waals surface area contributed by atoms with Crippen LogP contribution in [-0.4, -0.2) is 31.0 Å². The summed E-state index contributed by atoms with van der Waals surface area (Å²) in [5.74, 6) is -0.883. The van der Waals surface area contributed by atoms with E-state index in [1.165, 1.54) is 12.1 Å². The maximum absolute atomic E-state index is 13.0. The molecule has 0 spiro atoms. The van der Waals surface area contributed by atoms with E-state index in [-0.39, 0.29) is 17.5 Å². The van der Waals surface area contributed by atoms with Crippen LogP contribution < -0.4 is 5.32 Å². The van der Waals surface area contributed by atoms with Crippen LogP contribution in [0.15, 0.2) is 63.7 Å². The van der Waals surface area contributed by atoms with Crippen molar-refractivity contribution in [2.24, 2.45) is 0 Å². The van der Waals surface area contributed by atoms with Gasteiger partial charge >= 0.3 is 11.8 Å². The maximum atomic E-state index is 13.0. The highest BCUT2D eigenvalue weighted by atomic mass is 79.9. The molecule has 0 aliphatic rings. The summed E-state index contributed by atoms with van der Waals surface area (Å²) in [4.78, 5) is 16.3. The summed E-state index contributed by atoms with van der Waals surface area (Å²) in [6.45, 7) is 0.404. The normalized spacial score (nSPS) is 10.8. The lowest BCUT2D eigenvalue weighted by atomic mass is 10.2. The smallest absolute Gasteiger partial charge is 0.316 e. The number of hydrogen-bond acceptors (Lipinski definition) is 6. The minimum atomic E-state index is -0.532. The summed E-state index contributed by atoms with van der Waals surface area (Å²) in [7, 11) is 0. The number of hydrogen-bond donors (Lipinski definition) is 1. The van der Waals surface area contributed by atoms with E-state index in [0.29, 0.717) is 17.9 Å². The van der Waals surface area contributed by atoms with Crippen molar-refractivity contribution in [2.75, 3.05) is 5.32 Å². The topological polar surface area (TPSA) is 98.7 Å². The van der Waals surface area contributed by atoms with E-state index in [1.54, 1.807) is 41.2 Å². The molecule has 4 rings (SSSR count). The molecule has 2 aromatic heterocycles. The second-order valence-electron chi connectivity index (χ2n) is 5.82. The van der Waals surface area contributed by atoms with Gasteiger partial charge < -0.3 is 9.84 Å². The lowest BCUT2D eigenvalue weighted by molar-refractivity contribution is 0.0981. The molecule has 140 valence electrons. The molecule has 0 unspecified atom stereocenters. The van der Waals surface area contributed by atoms with Crippen LogP contribution in [0.1, 0.15) is 16.2 Å². The number of amides is 1. The highest BCUT2D eigenvalue weighted by Gasteiger charge is 2.18. The summed E-state index contributed by atoms with van der Waals surface area (Å²) in [5, 5.41) is 14.4. The first-order chi connectivity index (χ1) is 13.6. The zero-order valence-corrected chi connectivity index (χ0v) is 15.8. The molecule has 0 saturated carbocycles. The van der Waals surface area contributed by atoms with Crippen LogP contribution in [0.2, 0.25) is 0 Å². The number of halogens is 2. The molecule has 0 aliphatic heterocycles. The van der Waals surface area contributed by atoms with Crippen LogP contribution in [0.25, 0.3) is 11.5 Å². The lowest BCUT2D eigenvalue weighted by Gasteiger charge is -2.01. The first-order valence-electron chi connectivity index (χ1n) is 8.12. The molecule has 0 bridgehead atoms. The van der Waals surface area contributed by atoms with E-state index in [2.05, 4.69) is 41.7 Å². The third kappa shape index (κ3) is 4.12. The second-order valence-corrected chi connectivity index (χ2v) is 6.73. The molecule has 1 amide bonds. The molecular formula is C18H12BrFN6O2. The van der Waals surface area contributed by atoms with Gasteiger partial charge in [-0.3, -0.25) is 4.79 Å². The summed E-state index contributed by atoms with van der Waals surface area (Å²) >= 11 is 3.33. The highest BCUT2D eigenvalue weighted by molar-refractivity contribution is 9.10. The van der Waals surface area contributed by atoms with E-state index in [4.69, 9.17) is 4.52 Å². The Morgan fingerprint density at radius 1 is 1.21 bits per heavy atom. The van der Waals surface area contributed by atoms with Crippen LogP contribution in [0, 0.1) is 5.82 Å². The van der Waals surface area contributed by atoms with E-state index in [0.717, 1.165) is 10.0 Å². The van der Waals surface area contributed by atoms with Crippen molar-refractivity contribution < 1.29 is 13.7 Å². The van der Waals surface area contributed by atoms with Gasteiger partial charge in [0.25, 0.3) is 0 Å². The number of nitrogens with zero attached hydrogens (tertiary/aromatic N) is 5. The summed E-state index contributed by atoms with van der Waals surface area (Å²) in [6, 6.07) is 13.2. The summed E-state index contributed by atoms with van der Waals surface area (Å²) in [5.41, 5.74) is 1.80. The third-order valence-corrected chi connectivity index (χ3v) is 4.22. The maximum Gasteiger partial charge on any atom is 0.316 e. The fraction of sp³-hybridized carbons (Fsp3) is 0.0556. The van der Waals surface area contributed by atoms with Gasteiger partial charge in [-0.1, -0.05) is 44.5 Å². The van der Waals surface area contributed by atoms with Gasteiger partial charge in [-0.2, -0.15) is 4.98 Å². The van der Waals surface area contributed by atoms with Crippen molar-refractivity contribution in [3.05, 3.63) is 76.5 Å². The van der Waals surface area contributed by atoms with E-state index < -0.39 is 5.91 Å². The molecule has 1 N–H and O–H groups in total. The number of rotatable bonds is 5. The fourth-order valence-corrected chi connectivity index (χ4v) is 2.82. The SMILES string of the molecule is O=C(Nc1cccc(Br)c1)c1nc(-c2cn(Cc3ccc(F)cc3)nn2)no1. The summed E-state index contributed by atoms with van der Waals surface area (Å²) < 4.78 is 20.4. The van der Waals surface area contributed by atoms with Gasteiger partial charge in [0.05, 0.1) is 12.7 Å². The molecule has 8 nitrogen and oxygen atoms in total. The zero-order valence-electron chi connectivity index (χ0n) is 14.2. The molecule has 2 aromatic carbocycles. The minimum Gasteiger partial charge on any atom is -0.328 e. The Bertz CT molecular complexity index is 1130. The van der Waals surface area contributed by atoms with Crippen LogP contribution in [0.3, 0.4) is 0 Å². The molecule has 0 atom stereocenters. The van der Waals surface area contributed by atoms with Gasteiger partial charge in [0.1, 0.15) is 5.82 Å². The van der Waals surface area contributed by atoms with Gasteiger partial charge in [0.2, 0.25) is 5.82 Å². The number of benzene rings is 2. The molecule has 28 heavy (non-hydrogen) atoms. The monoisotopic (exact) mass is 442 g/mol. The molecule has 0 saturated heterocycles. The fourth-order valence-electron chi connectivity index (χ4n) is 2.43. The quantitative estimate of drug-likeness (QED) is 0.507. The van der Waals surface area contributed by atoms with Gasteiger partial charge in [-0.15, -0.1) is 5.10 Å². The van der Waals surface area contributed by atoms with Crippen molar-refractivity contribution in [2.45, 2.75) is 6.54 Å². The van der Waals surface area contributed by atoms with E-state index in [9.17, 15) is 9.18 Å². The molecule has 0 aliphatic carbocycles. The second kappa shape index (κ2) is 7.69. The Hall–Kier alpha value is -3.40. The average Bonchev–Trinajstić information content (AvgIpc) is 3.33. The van der Waals surface area contributed by atoms with Crippen LogP contribution in [-0.2, 0) is 6.54 Å². The van der Waals surface area contributed by atoms with Crippen LogP contribution in [0.4, 0.5) is 10.1 Å². The predicted molar refractivity (Wildman–Crippen MR) is 101 cm³/mol. The van der Waals surface area contributed by atoms with Gasteiger partial charge in [0.15, 0.2) is 5.69 Å². The highest BCUT2D eigenvalue weighted by Crippen LogP contribution is 2.17. The zero-order chi connectivity index (χ0) is 19.5. The number of nitrogens with one attached hydrogen (secondary N) is 1. The predicted octanol–water partition coefficient (Wildman–Crippen LogP) is 3.53. The van der Waals surface area contributed by atoms with Crippen molar-refractivity contribution in [3.8, 4) is 11.5 Å². The molecule has 10 heteroatoms. The third-order valence-electron chi connectivity index (χ3n) is 3.73. The lowest BCUT2D eigenvalue weighted by Crippen LogP contribution is -2.12. The molecule has 2 heterocycles. The van der Waals surface area contributed by atoms with Crippen LogP contribution >= 0.6 is 15.9 Å². The Morgan fingerprint density at radius 3 is 2.82 bits per heavy atom.